The number of aryl methyl sites for hydroxylation is 1. The van der Waals surface area contributed by atoms with Crippen molar-refractivity contribution in [1.29, 1.82) is 0 Å². The number of hydrogen-bond donors (Lipinski definition) is 5. The number of para-hydroxylation sites is 1. The van der Waals surface area contributed by atoms with Crippen LogP contribution >= 0.6 is 21.6 Å². The molecule has 15 heteroatoms. The molecule has 0 radical (unpaired) electrons. The zero-order valence-corrected chi connectivity index (χ0v) is 22.6. The second-order valence-electron chi connectivity index (χ2n) is 8.12. The molecular formula is C23H32N6O7S2. The van der Waals surface area contributed by atoms with Crippen LogP contribution in [0.5, 0.6) is 5.75 Å². The van der Waals surface area contributed by atoms with Gasteiger partial charge in [-0.05, 0) is 18.6 Å². The Morgan fingerprint density at radius 2 is 2.00 bits per heavy atom. The molecule has 0 bridgehead atoms. The maximum absolute atomic E-state index is 12.5. The summed E-state index contributed by atoms with van der Waals surface area (Å²) < 4.78 is 18.1. The van der Waals surface area contributed by atoms with E-state index in [9.17, 15) is 20.1 Å². The quantitative estimate of drug-likeness (QED) is 0.0752. The van der Waals surface area contributed by atoms with Crippen LogP contribution in [0.4, 0.5) is 5.82 Å². The lowest BCUT2D eigenvalue weighted by Crippen LogP contribution is -2.41. The van der Waals surface area contributed by atoms with Crippen LogP contribution in [-0.2, 0) is 14.3 Å². The van der Waals surface area contributed by atoms with Crippen molar-refractivity contribution in [3.8, 4) is 5.75 Å². The first-order valence-corrected chi connectivity index (χ1v) is 14.1. The standard InChI is InChI=1S/C23H32N6O7S2/c1-3-37-38-16-6-4-5-13(2)20(16)36-18(32)7-15(24)23(33)34-10-14(8-30)35-17(9-31)29-12-28-19-21(25)26-11-27-22(19)29/h4-6,11-12,14-15,17,23,30-31,33H,3,7-10,24H2,1-2H3,(H2,25,26,27)/t14-,15+,17-,23?/m1/s1. The van der Waals surface area contributed by atoms with Gasteiger partial charge in [-0.3, -0.25) is 9.36 Å². The van der Waals surface area contributed by atoms with Crippen molar-refractivity contribution < 1.29 is 34.3 Å². The van der Waals surface area contributed by atoms with Gasteiger partial charge in [0, 0.05) is 5.75 Å². The Morgan fingerprint density at radius 1 is 1.21 bits per heavy atom. The highest BCUT2D eigenvalue weighted by atomic mass is 33.1. The van der Waals surface area contributed by atoms with Gasteiger partial charge in [0.25, 0.3) is 0 Å². The molecule has 2 heterocycles. The first-order valence-electron chi connectivity index (χ1n) is 11.7. The highest BCUT2D eigenvalue weighted by molar-refractivity contribution is 8.76. The average molecular weight is 569 g/mol. The molecule has 208 valence electrons. The molecule has 0 aliphatic carbocycles. The predicted octanol–water partition coefficient (Wildman–Crippen LogP) is 1.00. The molecule has 1 aromatic carbocycles. The number of benzene rings is 1. The average Bonchev–Trinajstić information content (AvgIpc) is 3.34. The number of carbonyl (C=O) groups is 1. The number of imidazole rings is 1. The number of aliphatic hydroxyl groups is 3. The fourth-order valence-electron chi connectivity index (χ4n) is 3.36. The molecular weight excluding hydrogens is 536 g/mol. The normalized spacial score (nSPS) is 14.8. The molecule has 0 saturated carbocycles. The highest BCUT2D eigenvalue weighted by Gasteiger charge is 2.25. The van der Waals surface area contributed by atoms with E-state index in [0.717, 1.165) is 16.2 Å². The van der Waals surface area contributed by atoms with Crippen molar-refractivity contribution in [2.75, 3.05) is 31.3 Å². The lowest BCUT2D eigenvalue weighted by Gasteiger charge is -2.25. The molecule has 1 unspecified atom stereocenters. The Labute approximate surface area is 227 Å². The maximum Gasteiger partial charge on any atom is 0.313 e. The van der Waals surface area contributed by atoms with E-state index in [-0.39, 0.29) is 18.8 Å². The van der Waals surface area contributed by atoms with Crippen molar-refractivity contribution >= 4 is 44.5 Å². The number of nitrogens with zero attached hydrogens (tertiary/aromatic N) is 4. The SMILES string of the molecule is CCSSc1cccc(C)c1OC(=O)C[C@H](N)C(O)OC[C@@H](CO)O[C@H](CO)n1cnc2c(N)ncnc21. The third kappa shape index (κ3) is 7.77. The van der Waals surface area contributed by atoms with E-state index >= 15 is 0 Å². The maximum atomic E-state index is 12.5. The van der Waals surface area contributed by atoms with Gasteiger partial charge < -0.3 is 41.0 Å². The van der Waals surface area contributed by atoms with Crippen LogP contribution in [0.1, 0.15) is 25.1 Å². The van der Waals surface area contributed by atoms with Crippen molar-refractivity contribution in [2.24, 2.45) is 5.73 Å². The van der Waals surface area contributed by atoms with Crippen LogP contribution in [-0.4, -0.2) is 84.8 Å². The molecule has 3 rings (SSSR count). The van der Waals surface area contributed by atoms with Gasteiger partial charge in [-0.25, -0.2) is 15.0 Å². The largest absolute Gasteiger partial charge is 0.425 e. The molecule has 0 aliphatic heterocycles. The third-order valence-corrected chi connectivity index (χ3v) is 7.74. The Hall–Kier alpha value is -2.50. The number of aliphatic hydroxyl groups excluding tert-OH is 3. The van der Waals surface area contributed by atoms with Crippen LogP contribution in [0, 0.1) is 6.92 Å². The molecule has 4 atom stereocenters. The first-order chi connectivity index (χ1) is 18.3. The topological polar surface area (TPSA) is 201 Å². The van der Waals surface area contributed by atoms with E-state index in [1.807, 2.05) is 32.0 Å². The summed E-state index contributed by atoms with van der Waals surface area (Å²) in [5, 5.41) is 30.0. The number of fused-ring (bicyclic) bond motifs is 1. The lowest BCUT2D eigenvalue weighted by molar-refractivity contribution is -0.173. The summed E-state index contributed by atoms with van der Waals surface area (Å²) in [4.78, 5) is 25.5. The molecule has 2 aromatic heterocycles. The summed E-state index contributed by atoms with van der Waals surface area (Å²) in [5.41, 5.74) is 13.2. The fourth-order valence-corrected chi connectivity index (χ4v) is 5.14. The second-order valence-corrected chi connectivity index (χ2v) is 10.7. The Balaban J connectivity index is 1.54. The van der Waals surface area contributed by atoms with E-state index in [2.05, 4.69) is 15.0 Å². The molecule has 3 aromatic rings. The number of anilines is 1. The number of ether oxygens (including phenoxy) is 3. The van der Waals surface area contributed by atoms with E-state index in [1.165, 1.54) is 28.0 Å². The monoisotopic (exact) mass is 568 g/mol. The molecule has 0 fully saturated rings. The van der Waals surface area contributed by atoms with Gasteiger partial charge in [0.2, 0.25) is 0 Å². The molecule has 0 saturated heterocycles. The molecule has 0 aliphatic rings. The Bertz CT molecular complexity index is 1200. The fraction of sp³-hybridized carbons (Fsp3) is 0.478. The van der Waals surface area contributed by atoms with Gasteiger partial charge in [-0.1, -0.05) is 40.6 Å². The minimum atomic E-state index is -1.55. The number of rotatable bonds is 15. The second kappa shape index (κ2) is 14.6. The van der Waals surface area contributed by atoms with Gasteiger partial charge in [-0.15, -0.1) is 0 Å². The number of nitrogens with two attached hydrogens (primary N) is 2. The van der Waals surface area contributed by atoms with Gasteiger partial charge >= 0.3 is 5.97 Å². The van der Waals surface area contributed by atoms with Gasteiger partial charge in [-0.2, -0.15) is 0 Å². The zero-order chi connectivity index (χ0) is 27.7. The van der Waals surface area contributed by atoms with Gasteiger partial charge in [0.15, 0.2) is 24.0 Å². The summed E-state index contributed by atoms with van der Waals surface area (Å²) in [6.07, 6.45) is -1.17. The number of nitrogen functional groups attached to an aromatic ring is 1. The highest BCUT2D eigenvalue weighted by Crippen LogP contribution is 2.39. The number of aromatic nitrogens is 4. The third-order valence-electron chi connectivity index (χ3n) is 5.29. The number of carbonyl (C=O) groups excluding carboxylic acids is 1. The van der Waals surface area contributed by atoms with Crippen molar-refractivity contribution in [3.05, 3.63) is 36.4 Å². The van der Waals surface area contributed by atoms with E-state index in [4.69, 9.17) is 25.7 Å². The van der Waals surface area contributed by atoms with Crippen LogP contribution < -0.4 is 16.2 Å². The van der Waals surface area contributed by atoms with Crippen molar-refractivity contribution in [1.82, 2.24) is 19.5 Å². The number of hydrogen-bond acceptors (Lipinski definition) is 14. The molecule has 38 heavy (non-hydrogen) atoms. The smallest absolute Gasteiger partial charge is 0.313 e. The summed E-state index contributed by atoms with van der Waals surface area (Å²) in [7, 11) is 3.13. The Morgan fingerprint density at radius 3 is 2.71 bits per heavy atom. The lowest BCUT2D eigenvalue weighted by atomic mass is 10.2. The van der Waals surface area contributed by atoms with Crippen LogP contribution in [0.25, 0.3) is 11.2 Å². The minimum absolute atomic E-state index is 0.167. The van der Waals surface area contributed by atoms with Gasteiger partial charge in [0.1, 0.15) is 23.7 Å². The van der Waals surface area contributed by atoms with Gasteiger partial charge in [0.05, 0.1) is 43.5 Å². The minimum Gasteiger partial charge on any atom is -0.425 e. The van der Waals surface area contributed by atoms with Crippen LogP contribution in [0.3, 0.4) is 0 Å². The Kier molecular flexibility index (Phi) is 11.5. The number of esters is 1. The van der Waals surface area contributed by atoms with Crippen molar-refractivity contribution in [2.45, 2.75) is 49.8 Å². The predicted molar refractivity (Wildman–Crippen MR) is 143 cm³/mol. The van der Waals surface area contributed by atoms with Crippen molar-refractivity contribution in [3.63, 3.8) is 0 Å². The summed E-state index contributed by atoms with van der Waals surface area (Å²) in [5.74, 6) is 0.885. The van der Waals surface area contributed by atoms with E-state index < -0.39 is 43.8 Å². The van der Waals surface area contributed by atoms with E-state index in [1.54, 1.807) is 10.8 Å². The summed E-state index contributed by atoms with van der Waals surface area (Å²) in [6.45, 7) is 2.61. The van der Waals surface area contributed by atoms with Crippen LogP contribution in [0.2, 0.25) is 0 Å². The first kappa shape index (κ1) is 30.0. The summed E-state index contributed by atoms with van der Waals surface area (Å²) in [6, 6.07) is 4.49. The summed E-state index contributed by atoms with van der Waals surface area (Å²) >= 11 is 0. The molecule has 0 amide bonds. The molecule has 13 nitrogen and oxygen atoms in total. The molecule has 7 N–H and O–H groups in total. The van der Waals surface area contributed by atoms with Crippen LogP contribution in [0.15, 0.2) is 35.7 Å². The zero-order valence-electron chi connectivity index (χ0n) is 21.0. The van der Waals surface area contributed by atoms with E-state index in [0.29, 0.717) is 16.9 Å². The molecule has 0 spiro atoms.